The number of nitrogens with one attached hydrogen (secondary N) is 1. The maximum Gasteiger partial charge on any atom is 0.159 e. The van der Waals surface area contributed by atoms with Crippen LogP contribution in [0.25, 0.3) is 33.5 Å². The summed E-state index contributed by atoms with van der Waals surface area (Å²) in [6.07, 6.45) is 3.75. The maximum atomic E-state index is 4.68. The minimum atomic E-state index is 0.743. The van der Waals surface area contributed by atoms with Gasteiger partial charge in [-0.15, -0.1) is 0 Å². The molecule has 0 aliphatic heterocycles. The zero-order chi connectivity index (χ0) is 14.1. The Morgan fingerprint density at radius 2 is 1.71 bits per heavy atom. The van der Waals surface area contributed by atoms with Gasteiger partial charge in [0.1, 0.15) is 0 Å². The van der Waals surface area contributed by atoms with Crippen LogP contribution in [0, 0.1) is 0 Å². The molecule has 3 nitrogen and oxygen atoms in total. The highest BCUT2D eigenvalue weighted by atomic mass is 14.9. The van der Waals surface area contributed by atoms with Gasteiger partial charge < -0.3 is 4.98 Å². The van der Waals surface area contributed by atoms with Gasteiger partial charge in [-0.2, -0.15) is 0 Å². The zero-order valence-corrected chi connectivity index (χ0v) is 11.3. The molecule has 100 valence electrons. The fourth-order valence-corrected chi connectivity index (χ4v) is 2.45. The van der Waals surface area contributed by atoms with E-state index in [4.69, 9.17) is 0 Å². The summed E-state index contributed by atoms with van der Waals surface area (Å²) in [6.45, 7) is 0. The first-order valence-electron chi connectivity index (χ1n) is 6.86. The Balaban J connectivity index is 1.81. The van der Waals surface area contributed by atoms with E-state index in [-0.39, 0.29) is 0 Å². The van der Waals surface area contributed by atoms with Gasteiger partial charge in [0.2, 0.25) is 0 Å². The standard InChI is InChI=1S/C18H13N3/c1-2-4-13(5-3-1)16-9-11-20-18(21-16)15-7-6-14-8-10-19-17(14)12-15/h1-12,19H. The summed E-state index contributed by atoms with van der Waals surface area (Å²) in [7, 11) is 0. The molecule has 21 heavy (non-hydrogen) atoms. The molecule has 0 radical (unpaired) electrons. The number of fused-ring (bicyclic) bond motifs is 1. The normalized spacial score (nSPS) is 10.9. The number of hydrogen-bond donors (Lipinski definition) is 1. The van der Waals surface area contributed by atoms with E-state index in [1.165, 1.54) is 5.39 Å². The number of rotatable bonds is 2. The second-order valence-electron chi connectivity index (χ2n) is 4.91. The highest BCUT2D eigenvalue weighted by molar-refractivity contribution is 5.83. The fraction of sp³-hybridized carbons (Fsp3) is 0. The molecule has 0 saturated heterocycles. The molecule has 2 heterocycles. The number of H-pyrrole nitrogens is 1. The van der Waals surface area contributed by atoms with Crippen LogP contribution in [-0.2, 0) is 0 Å². The number of nitrogens with zero attached hydrogens (tertiary/aromatic N) is 2. The van der Waals surface area contributed by atoms with Gasteiger partial charge in [-0.05, 0) is 23.6 Å². The van der Waals surface area contributed by atoms with Crippen LogP contribution in [-0.4, -0.2) is 15.0 Å². The topological polar surface area (TPSA) is 41.6 Å². The van der Waals surface area contributed by atoms with E-state index in [1.54, 1.807) is 0 Å². The summed E-state index contributed by atoms with van der Waals surface area (Å²) < 4.78 is 0. The van der Waals surface area contributed by atoms with Crippen LogP contribution in [0.1, 0.15) is 0 Å². The predicted octanol–water partition coefficient (Wildman–Crippen LogP) is 4.29. The maximum absolute atomic E-state index is 4.68. The number of aromatic nitrogens is 3. The van der Waals surface area contributed by atoms with Gasteiger partial charge in [0.15, 0.2) is 5.82 Å². The van der Waals surface area contributed by atoms with Crippen LogP contribution in [0.5, 0.6) is 0 Å². The molecular formula is C18H13N3. The molecule has 0 bridgehead atoms. The molecular weight excluding hydrogens is 258 g/mol. The molecule has 0 saturated carbocycles. The van der Waals surface area contributed by atoms with Crippen molar-refractivity contribution in [3.05, 3.63) is 73.1 Å². The van der Waals surface area contributed by atoms with Gasteiger partial charge >= 0.3 is 0 Å². The quantitative estimate of drug-likeness (QED) is 0.591. The largest absolute Gasteiger partial charge is 0.361 e. The molecule has 0 atom stereocenters. The molecule has 0 unspecified atom stereocenters. The Morgan fingerprint density at radius 1 is 0.810 bits per heavy atom. The van der Waals surface area contributed by atoms with Crippen LogP contribution in [0.2, 0.25) is 0 Å². The molecule has 2 aromatic carbocycles. The Kier molecular flexibility index (Phi) is 2.75. The number of aromatic amines is 1. The van der Waals surface area contributed by atoms with Gasteiger partial charge in [0, 0.05) is 29.0 Å². The first-order valence-corrected chi connectivity index (χ1v) is 6.86. The second-order valence-corrected chi connectivity index (χ2v) is 4.91. The van der Waals surface area contributed by atoms with Crippen molar-refractivity contribution < 1.29 is 0 Å². The third kappa shape index (κ3) is 2.19. The van der Waals surface area contributed by atoms with Gasteiger partial charge in [-0.25, -0.2) is 9.97 Å². The van der Waals surface area contributed by atoms with E-state index in [0.717, 1.165) is 28.2 Å². The number of hydrogen-bond acceptors (Lipinski definition) is 2. The summed E-state index contributed by atoms with van der Waals surface area (Å²) >= 11 is 0. The van der Waals surface area contributed by atoms with Crippen molar-refractivity contribution in [2.75, 3.05) is 0 Å². The average Bonchev–Trinajstić information content (AvgIpc) is 3.03. The lowest BCUT2D eigenvalue weighted by molar-refractivity contribution is 1.18. The smallest absolute Gasteiger partial charge is 0.159 e. The summed E-state index contributed by atoms with van der Waals surface area (Å²) in [5, 5.41) is 1.19. The fourth-order valence-electron chi connectivity index (χ4n) is 2.45. The molecule has 0 amide bonds. The van der Waals surface area contributed by atoms with Crippen molar-refractivity contribution in [3.63, 3.8) is 0 Å². The highest BCUT2D eigenvalue weighted by Crippen LogP contribution is 2.23. The lowest BCUT2D eigenvalue weighted by atomic mass is 10.1. The van der Waals surface area contributed by atoms with Crippen LogP contribution < -0.4 is 0 Å². The van der Waals surface area contributed by atoms with Crippen molar-refractivity contribution in [2.24, 2.45) is 0 Å². The Bertz CT molecular complexity index is 894. The van der Waals surface area contributed by atoms with Crippen LogP contribution in [0.15, 0.2) is 73.1 Å². The van der Waals surface area contributed by atoms with E-state index >= 15 is 0 Å². The Morgan fingerprint density at radius 3 is 2.62 bits per heavy atom. The molecule has 0 aliphatic rings. The minimum absolute atomic E-state index is 0.743. The van der Waals surface area contributed by atoms with E-state index in [2.05, 4.69) is 51.4 Å². The molecule has 2 aromatic heterocycles. The summed E-state index contributed by atoms with van der Waals surface area (Å²) in [4.78, 5) is 12.3. The molecule has 0 spiro atoms. The first-order chi connectivity index (χ1) is 10.4. The molecule has 4 rings (SSSR count). The van der Waals surface area contributed by atoms with Gasteiger partial charge in [-0.1, -0.05) is 42.5 Å². The highest BCUT2D eigenvalue weighted by Gasteiger charge is 2.05. The van der Waals surface area contributed by atoms with Crippen molar-refractivity contribution in [3.8, 4) is 22.6 Å². The lowest BCUT2D eigenvalue weighted by Crippen LogP contribution is -1.91. The van der Waals surface area contributed by atoms with Gasteiger partial charge in [-0.3, -0.25) is 0 Å². The van der Waals surface area contributed by atoms with Crippen LogP contribution in [0.3, 0.4) is 0 Å². The van der Waals surface area contributed by atoms with Crippen LogP contribution >= 0.6 is 0 Å². The Hall–Kier alpha value is -2.94. The monoisotopic (exact) mass is 271 g/mol. The molecule has 3 heteroatoms. The summed E-state index contributed by atoms with van der Waals surface area (Å²) in [5.41, 5.74) is 4.15. The van der Waals surface area contributed by atoms with E-state index < -0.39 is 0 Å². The van der Waals surface area contributed by atoms with Gasteiger partial charge in [0.05, 0.1) is 5.69 Å². The Labute approximate surface area is 122 Å². The van der Waals surface area contributed by atoms with Crippen LogP contribution in [0.4, 0.5) is 0 Å². The second kappa shape index (κ2) is 4.87. The average molecular weight is 271 g/mol. The molecule has 0 aliphatic carbocycles. The third-order valence-electron chi connectivity index (χ3n) is 3.54. The van der Waals surface area contributed by atoms with E-state index in [9.17, 15) is 0 Å². The van der Waals surface area contributed by atoms with Crippen molar-refractivity contribution in [2.45, 2.75) is 0 Å². The minimum Gasteiger partial charge on any atom is -0.361 e. The SMILES string of the molecule is c1ccc(-c2ccnc(-c3ccc4cc[nH]c4c3)n2)cc1. The molecule has 0 fully saturated rings. The third-order valence-corrected chi connectivity index (χ3v) is 3.54. The van der Waals surface area contributed by atoms with E-state index in [0.29, 0.717) is 0 Å². The molecule has 1 N–H and O–H groups in total. The van der Waals surface area contributed by atoms with Crippen molar-refractivity contribution in [1.82, 2.24) is 15.0 Å². The van der Waals surface area contributed by atoms with Gasteiger partial charge in [0.25, 0.3) is 0 Å². The first kappa shape index (κ1) is 11.9. The number of benzene rings is 2. The zero-order valence-electron chi connectivity index (χ0n) is 11.3. The van der Waals surface area contributed by atoms with E-state index in [1.807, 2.05) is 36.7 Å². The summed E-state index contributed by atoms with van der Waals surface area (Å²) in [6, 6.07) is 20.4. The van der Waals surface area contributed by atoms with Crippen molar-refractivity contribution in [1.29, 1.82) is 0 Å². The summed E-state index contributed by atoms with van der Waals surface area (Å²) in [5.74, 6) is 0.743. The lowest BCUT2D eigenvalue weighted by Gasteiger charge is -2.04. The van der Waals surface area contributed by atoms with Crippen molar-refractivity contribution >= 4 is 10.9 Å². The predicted molar refractivity (Wildman–Crippen MR) is 84.8 cm³/mol. The molecule has 4 aromatic rings.